The Labute approximate surface area is 159 Å². The normalized spacial score (nSPS) is 11.5. The zero-order valence-electron chi connectivity index (χ0n) is 15.1. The number of carbonyl (C=O) groups is 2. The molecule has 0 unspecified atom stereocenters. The first kappa shape index (κ1) is 21.1. The molecule has 0 aliphatic carbocycles. The standard InChI is InChI=1S/C19H18F3NO5/c1-3-26-12-4-6-13(7-5-12)27-10-16(24)28-11(2)19(25)23-15-9-8-14(20)17(21)18(15)22/h4-9,11H,3,10H2,1-2H3,(H,23,25)/t11-/m0/s1. The Morgan fingerprint density at radius 2 is 1.57 bits per heavy atom. The molecule has 6 nitrogen and oxygen atoms in total. The molecule has 150 valence electrons. The molecule has 0 aromatic heterocycles. The molecule has 1 amide bonds. The molecule has 0 fully saturated rings. The number of carbonyl (C=O) groups excluding carboxylic acids is 2. The predicted molar refractivity (Wildman–Crippen MR) is 93.6 cm³/mol. The second-order valence-electron chi connectivity index (χ2n) is 5.54. The van der Waals surface area contributed by atoms with Crippen LogP contribution >= 0.6 is 0 Å². The number of nitrogens with one attached hydrogen (secondary N) is 1. The third-order valence-corrected chi connectivity index (χ3v) is 3.46. The summed E-state index contributed by atoms with van der Waals surface area (Å²) in [5.41, 5.74) is -0.572. The molecule has 1 N–H and O–H groups in total. The average Bonchev–Trinajstić information content (AvgIpc) is 2.68. The van der Waals surface area contributed by atoms with E-state index in [2.05, 4.69) is 0 Å². The zero-order chi connectivity index (χ0) is 20.7. The maximum absolute atomic E-state index is 13.6. The van der Waals surface area contributed by atoms with Crippen molar-refractivity contribution in [2.75, 3.05) is 18.5 Å². The molecule has 2 rings (SSSR count). The molecule has 9 heteroatoms. The van der Waals surface area contributed by atoms with Crippen molar-refractivity contribution in [2.24, 2.45) is 0 Å². The molecule has 0 bridgehead atoms. The summed E-state index contributed by atoms with van der Waals surface area (Å²) >= 11 is 0. The molecule has 0 saturated heterocycles. The minimum atomic E-state index is -1.72. The fourth-order valence-electron chi connectivity index (χ4n) is 2.08. The van der Waals surface area contributed by atoms with E-state index in [1.807, 2.05) is 12.2 Å². The summed E-state index contributed by atoms with van der Waals surface area (Å²) in [6, 6.07) is 8.04. The fourth-order valence-corrected chi connectivity index (χ4v) is 2.08. The molecule has 2 aromatic carbocycles. The lowest BCUT2D eigenvalue weighted by Crippen LogP contribution is -2.32. The molecule has 2 aromatic rings. The maximum atomic E-state index is 13.6. The van der Waals surface area contributed by atoms with Gasteiger partial charge in [0.15, 0.2) is 30.2 Å². The van der Waals surface area contributed by atoms with Gasteiger partial charge in [-0.05, 0) is 50.2 Å². The van der Waals surface area contributed by atoms with Crippen LogP contribution in [0.5, 0.6) is 11.5 Å². The van der Waals surface area contributed by atoms with Gasteiger partial charge in [-0.25, -0.2) is 18.0 Å². The van der Waals surface area contributed by atoms with Gasteiger partial charge in [0, 0.05) is 0 Å². The van der Waals surface area contributed by atoms with Crippen LogP contribution in [-0.4, -0.2) is 31.2 Å². The van der Waals surface area contributed by atoms with Crippen LogP contribution in [0.1, 0.15) is 13.8 Å². The third-order valence-electron chi connectivity index (χ3n) is 3.46. The van der Waals surface area contributed by atoms with Crippen molar-refractivity contribution in [2.45, 2.75) is 20.0 Å². The van der Waals surface area contributed by atoms with E-state index in [-0.39, 0.29) is 0 Å². The summed E-state index contributed by atoms with van der Waals surface area (Å²) in [5, 5.41) is 2.02. The number of amides is 1. The molecule has 0 aliphatic rings. The minimum absolute atomic E-state index is 0.390. The molecule has 0 saturated carbocycles. The largest absolute Gasteiger partial charge is 0.494 e. The van der Waals surface area contributed by atoms with Crippen molar-refractivity contribution in [3.8, 4) is 11.5 Å². The summed E-state index contributed by atoms with van der Waals surface area (Å²) in [5.74, 6) is -5.38. The van der Waals surface area contributed by atoms with Gasteiger partial charge in [-0.15, -0.1) is 0 Å². The molecule has 0 spiro atoms. The highest BCUT2D eigenvalue weighted by Crippen LogP contribution is 2.20. The van der Waals surface area contributed by atoms with Gasteiger partial charge in [-0.2, -0.15) is 0 Å². The number of ether oxygens (including phenoxy) is 3. The van der Waals surface area contributed by atoms with Crippen LogP contribution in [0.2, 0.25) is 0 Å². The molecular weight excluding hydrogens is 379 g/mol. The number of benzene rings is 2. The first-order valence-electron chi connectivity index (χ1n) is 8.31. The fraction of sp³-hybridized carbons (Fsp3) is 0.263. The van der Waals surface area contributed by atoms with Crippen LogP contribution in [0.3, 0.4) is 0 Å². The lowest BCUT2D eigenvalue weighted by Gasteiger charge is -2.14. The Balaban J connectivity index is 1.84. The van der Waals surface area contributed by atoms with Gasteiger partial charge in [-0.3, -0.25) is 4.79 Å². The van der Waals surface area contributed by atoms with Gasteiger partial charge in [0.2, 0.25) is 0 Å². The molecule has 1 atom stereocenters. The molecule has 0 radical (unpaired) electrons. The lowest BCUT2D eigenvalue weighted by atomic mass is 10.2. The first-order valence-corrected chi connectivity index (χ1v) is 8.31. The topological polar surface area (TPSA) is 73.9 Å². The van der Waals surface area contributed by atoms with Gasteiger partial charge in [-0.1, -0.05) is 0 Å². The van der Waals surface area contributed by atoms with Crippen molar-refractivity contribution in [1.82, 2.24) is 0 Å². The number of halogens is 3. The Morgan fingerprint density at radius 3 is 2.18 bits per heavy atom. The molecule has 28 heavy (non-hydrogen) atoms. The van der Waals surface area contributed by atoms with Crippen LogP contribution < -0.4 is 14.8 Å². The van der Waals surface area contributed by atoms with E-state index in [9.17, 15) is 22.8 Å². The molecule has 0 aliphatic heterocycles. The third kappa shape index (κ3) is 5.63. The minimum Gasteiger partial charge on any atom is -0.494 e. The summed E-state index contributed by atoms with van der Waals surface area (Å²) in [6.45, 7) is 3.13. The number of rotatable bonds is 8. The van der Waals surface area contributed by atoms with Crippen LogP contribution in [0.4, 0.5) is 18.9 Å². The smallest absolute Gasteiger partial charge is 0.344 e. The molecular formula is C19H18F3NO5. The predicted octanol–water partition coefficient (Wildman–Crippen LogP) is 3.45. The monoisotopic (exact) mass is 397 g/mol. The van der Waals surface area contributed by atoms with Crippen molar-refractivity contribution in [3.63, 3.8) is 0 Å². The second kappa shape index (κ2) is 9.63. The van der Waals surface area contributed by atoms with Crippen LogP contribution in [0.15, 0.2) is 36.4 Å². The summed E-state index contributed by atoms with van der Waals surface area (Å²) < 4.78 is 55.0. The van der Waals surface area contributed by atoms with E-state index in [1.54, 1.807) is 24.3 Å². The summed E-state index contributed by atoms with van der Waals surface area (Å²) in [4.78, 5) is 23.7. The molecule has 0 heterocycles. The average molecular weight is 397 g/mol. The number of hydrogen-bond acceptors (Lipinski definition) is 5. The van der Waals surface area contributed by atoms with Crippen LogP contribution in [0, 0.1) is 17.5 Å². The number of hydrogen-bond donors (Lipinski definition) is 1. The SMILES string of the molecule is CCOc1ccc(OCC(=O)O[C@@H](C)C(=O)Nc2ccc(F)c(F)c2F)cc1. The Bertz CT molecular complexity index is 842. The Hall–Kier alpha value is -3.23. The van der Waals surface area contributed by atoms with E-state index >= 15 is 0 Å². The Morgan fingerprint density at radius 1 is 0.964 bits per heavy atom. The van der Waals surface area contributed by atoms with E-state index < -0.39 is 47.7 Å². The zero-order valence-corrected chi connectivity index (χ0v) is 15.1. The van der Waals surface area contributed by atoms with Crippen LogP contribution in [-0.2, 0) is 14.3 Å². The van der Waals surface area contributed by atoms with Crippen molar-refractivity contribution >= 4 is 17.6 Å². The van der Waals surface area contributed by atoms with Crippen molar-refractivity contribution < 1.29 is 37.0 Å². The van der Waals surface area contributed by atoms with Crippen molar-refractivity contribution in [1.29, 1.82) is 0 Å². The van der Waals surface area contributed by atoms with E-state index in [1.165, 1.54) is 6.92 Å². The van der Waals surface area contributed by atoms with Gasteiger partial charge >= 0.3 is 5.97 Å². The van der Waals surface area contributed by atoms with Gasteiger partial charge in [0.1, 0.15) is 11.5 Å². The maximum Gasteiger partial charge on any atom is 0.344 e. The van der Waals surface area contributed by atoms with Crippen LogP contribution in [0.25, 0.3) is 0 Å². The van der Waals surface area contributed by atoms with Gasteiger partial charge in [0.25, 0.3) is 5.91 Å². The quantitative estimate of drug-likeness (QED) is 0.546. The highest BCUT2D eigenvalue weighted by Gasteiger charge is 2.21. The van der Waals surface area contributed by atoms with Crippen molar-refractivity contribution in [3.05, 3.63) is 53.8 Å². The Kier molecular flexibility index (Phi) is 7.25. The van der Waals surface area contributed by atoms with E-state index in [0.717, 1.165) is 6.07 Å². The number of anilines is 1. The highest BCUT2D eigenvalue weighted by atomic mass is 19.2. The second-order valence-corrected chi connectivity index (χ2v) is 5.54. The number of esters is 1. The first-order chi connectivity index (χ1) is 13.3. The van der Waals surface area contributed by atoms with Gasteiger partial charge in [0.05, 0.1) is 12.3 Å². The van der Waals surface area contributed by atoms with Gasteiger partial charge < -0.3 is 19.5 Å². The summed E-state index contributed by atoms with van der Waals surface area (Å²) in [7, 11) is 0. The summed E-state index contributed by atoms with van der Waals surface area (Å²) in [6.07, 6.45) is -1.32. The van der Waals surface area contributed by atoms with E-state index in [0.29, 0.717) is 24.2 Å². The lowest BCUT2D eigenvalue weighted by molar-refractivity contribution is -0.155. The highest BCUT2D eigenvalue weighted by molar-refractivity contribution is 5.95. The van der Waals surface area contributed by atoms with E-state index in [4.69, 9.17) is 14.2 Å².